The number of hydrogen-bond acceptors (Lipinski definition) is 6. The number of ether oxygens (including phenoxy) is 1. The van der Waals surface area contributed by atoms with Gasteiger partial charge in [-0.25, -0.2) is 13.2 Å². The molecule has 0 unspecified atom stereocenters. The summed E-state index contributed by atoms with van der Waals surface area (Å²) < 4.78 is 65.7. The van der Waals surface area contributed by atoms with Crippen LogP contribution in [0.4, 0.5) is 13.2 Å². The molecule has 13 heteroatoms. The van der Waals surface area contributed by atoms with Gasteiger partial charge in [0, 0.05) is 30.9 Å². The van der Waals surface area contributed by atoms with Gasteiger partial charge in [-0.15, -0.1) is 0 Å². The summed E-state index contributed by atoms with van der Waals surface area (Å²) in [4.78, 5) is 28.0. The number of alkyl halides is 3. The summed E-state index contributed by atoms with van der Waals surface area (Å²) in [5, 5.41) is 10.9. The zero-order valence-corrected chi connectivity index (χ0v) is 22.8. The van der Waals surface area contributed by atoms with Gasteiger partial charge in [0.15, 0.2) is 0 Å². The summed E-state index contributed by atoms with van der Waals surface area (Å²) in [6.07, 6.45) is -1.10. The molecule has 1 fully saturated rings. The molecule has 1 aromatic heterocycles. The lowest BCUT2D eigenvalue weighted by molar-refractivity contribution is -0.192. The van der Waals surface area contributed by atoms with Crippen LogP contribution in [0.1, 0.15) is 17.5 Å². The van der Waals surface area contributed by atoms with E-state index < -0.39 is 28.2 Å². The summed E-state index contributed by atoms with van der Waals surface area (Å²) in [5.74, 6) is -2.32. The summed E-state index contributed by atoms with van der Waals surface area (Å²) in [6, 6.07) is 15.7. The number of benzene rings is 3. The standard InChI is InChI=1S/C26H25N3O4S.C2HF3O2/c1-17-11-19-7-9-27-15-21(19)12-22(17)16-29-10-8-25(26(29)30)28-34(31,32)24-6-4-18-3-5-23(33-2)13-20(18)14-24;3-2(4,5)1(6)7/h3-7,9,11-15,25,28H,8,10,16H2,1-2H3;(H,6,7)/t25-;/m0./s1. The molecule has 1 atom stereocenters. The maximum absolute atomic E-state index is 13.1. The molecule has 1 aliphatic rings. The van der Waals surface area contributed by atoms with Crippen molar-refractivity contribution < 1.29 is 41.0 Å². The third-order valence-corrected chi connectivity index (χ3v) is 8.09. The van der Waals surface area contributed by atoms with E-state index in [9.17, 15) is 26.4 Å². The summed E-state index contributed by atoms with van der Waals surface area (Å²) in [5.41, 5.74) is 2.11. The molecule has 3 aromatic carbocycles. The number of methoxy groups -OCH3 is 1. The number of carboxylic acids is 1. The highest BCUT2D eigenvalue weighted by Crippen LogP contribution is 2.26. The van der Waals surface area contributed by atoms with Gasteiger partial charge in [0.25, 0.3) is 0 Å². The molecule has 216 valence electrons. The van der Waals surface area contributed by atoms with Crippen LogP contribution in [0.3, 0.4) is 0 Å². The third-order valence-electron chi connectivity index (χ3n) is 6.62. The number of halogens is 3. The van der Waals surface area contributed by atoms with Gasteiger partial charge in [0.05, 0.1) is 12.0 Å². The molecule has 0 spiro atoms. The summed E-state index contributed by atoms with van der Waals surface area (Å²) in [6.45, 7) is 2.94. The number of amides is 1. The first-order valence-corrected chi connectivity index (χ1v) is 13.8. The zero-order valence-electron chi connectivity index (χ0n) is 22.0. The lowest BCUT2D eigenvalue weighted by Gasteiger charge is -2.19. The molecule has 1 aliphatic heterocycles. The fourth-order valence-corrected chi connectivity index (χ4v) is 5.69. The van der Waals surface area contributed by atoms with E-state index in [1.165, 1.54) is 0 Å². The number of likely N-dealkylation sites (tertiary alicyclic amines) is 1. The molecule has 9 nitrogen and oxygen atoms in total. The number of nitrogens with one attached hydrogen (secondary N) is 1. The predicted octanol–water partition coefficient (Wildman–Crippen LogP) is 4.42. The Morgan fingerprint density at radius 3 is 2.46 bits per heavy atom. The van der Waals surface area contributed by atoms with Crippen molar-refractivity contribution in [1.82, 2.24) is 14.6 Å². The molecular formula is C28H26F3N3O6S. The summed E-state index contributed by atoms with van der Waals surface area (Å²) >= 11 is 0. The second kappa shape index (κ2) is 11.7. The van der Waals surface area contributed by atoms with Crippen LogP contribution in [0.15, 0.2) is 71.9 Å². The topological polar surface area (TPSA) is 126 Å². The largest absolute Gasteiger partial charge is 0.497 e. The van der Waals surface area contributed by atoms with E-state index in [-0.39, 0.29) is 10.8 Å². The van der Waals surface area contributed by atoms with Gasteiger partial charge in [0.2, 0.25) is 15.9 Å². The van der Waals surface area contributed by atoms with Crippen LogP contribution in [0.25, 0.3) is 21.5 Å². The highest BCUT2D eigenvalue weighted by Gasteiger charge is 2.38. The number of pyridine rings is 1. The Morgan fingerprint density at radius 1 is 1.07 bits per heavy atom. The van der Waals surface area contributed by atoms with Gasteiger partial charge in [-0.05, 0) is 77.0 Å². The molecule has 1 saturated heterocycles. The van der Waals surface area contributed by atoms with Gasteiger partial charge >= 0.3 is 12.1 Å². The third kappa shape index (κ3) is 6.92. The fourth-order valence-electron chi connectivity index (χ4n) is 4.43. The number of hydrogen-bond donors (Lipinski definition) is 2. The SMILES string of the molecule is COc1ccc2ccc(S(=O)(=O)N[C@H]3CCN(Cc4cc5cnccc5cc4C)C3=O)cc2c1.O=C(O)C(F)(F)F. The number of aryl methyl sites for hydroxylation is 1. The lowest BCUT2D eigenvalue weighted by atomic mass is 10.0. The molecule has 4 aromatic rings. The Hall–Kier alpha value is -4.23. The minimum atomic E-state index is -5.08. The number of carbonyl (C=O) groups excluding carboxylic acids is 1. The van der Waals surface area contributed by atoms with E-state index in [0.29, 0.717) is 25.3 Å². The Bertz CT molecular complexity index is 1730. The first-order valence-electron chi connectivity index (χ1n) is 12.3. The molecule has 1 amide bonds. The first-order chi connectivity index (χ1) is 19.3. The number of carboxylic acid groups (broad SMARTS) is 1. The van der Waals surface area contributed by atoms with Crippen LogP contribution in [-0.4, -0.2) is 61.2 Å². The Balaban J connectivity index is 0.000000493. The van der Waals surface area contributed by atoms with Gasteiger partial charge in [-0.1, -0.05) is 18.2 Å². The molecule has 2 heterocycles. The first kappa shape index (κ1) is 29.7. The van der Waals surface area contributed by atoms with Crippen LogP contribution in [-0.2, 0) is 26.2 Å². The smallest absolute Gasteiger partial charge is 0.490 e. The molecule has 5 rings (SSSR count). The molecule has 2 N–H and O–H groups in total. The highest BCUT2D eigenvalue weighted by molar-refractivity contribution is 7.89. The van der Waals surface area contributed by atoms with E-state index >= 15 is 0 Å². The Kier molecular flexibility index (Phi) is 8.50. The van der Waals surface area contributed by atoms with E-state index in [1.54, 1.807) is 48.7 Å². The summed E-state index contributed by atoms with van der Waals surface area (Å²) in [7, 11) is -2.30. The zero-order chi connectivity index (χ0) is 29.9. The van der Waals surface area contributed by atoms with E-state index in [2.05, 4.69) is 15.8 Å². The number of nitrogens with zero attached hydrogens (tertiary/aromatic N) is 2. The van der Waals surface area contributed by atoms with Gasteiger partial charge in [-0.3, -0.25) is 9.78 Å². The number of aliphatic carboxylic acids is 1. The Morgan fingerprint density at radius 2 is 1.78 bits per heavy atom. The quantitative estimate of drug-likeness (QED) is 0.341. The number of fused-ring (bicyclic) bond motifs is 2. The van der Waals surface area contributed by atoms with Gasteiger partial charge in [0.1, 0.15) is 11.8 Å². The van der Waals surface area contributed by atoms with Crippen molar-refractivity contribution in [2.24, 2.45) is 0 Å². The van der Waals surface area contributed by atoms with Crippen LogP contribution < -0.4 is 9.46 Å². The van der Waals surface area contributed by atoms with E-state index in [1.807, 2.05) is 31.2 Å². The average Bonchev–Trinajstić information content (AvgIpc) is 3.26. The fraction of sp³-hybridized carbons (Fsp3) is 0.250. The molecule has 0 radical (unpaired) electrons. The molecular weight excluding hydrogens is 563 g/mol. The van der Waals surface area contributed by atoms with Crippen molar-refractivity contribution in [2.45, 2.75) is 37.0 Å². The second-order valence-electron chi connectivity index (χ2n) is 9.40. The van der Waals surface area contributed by atoms with Crippen molar-refractivity contribution in [3.8, 4) is 5.75 Å². The number of sulfonamides is 1. The van der Waals surface area contributed by atoms with Crippen molar-refractivity contribution in [2.75, 3.05) is 13.7 Å². The maximum Gasteiger partial charge on any atom is 0.490 e. The predicted molar refractivity (Wildman–Crippen MR) is 145 cm³/mol. The second-order valence-corrected chi connectivity index (χ2v) is 11.1. The van der Waals surface area contributed by atoms with Gasteiger partial charge < -0.3 is 14.7 Å². The van der Waals surface area contributed by atoms with E-state index in [0.717, 1.165) is 32.7 Å². The number of rotatable bonds is 6. The minimum Gasteiger partial charge on any atom is -0.497 e. The minimum absolute atomic E-state index is 0.123. The van der Waals surface area contributed by atoms with Crippen LogP contribution >= 0.6 is 0 Å². The normalized spacial score (nSPS) is 15.6. The molecule has 0 bridgehead atoms. The molecule has 0 aliphatic carbocycles. The monoisotopic (exact) mass is 589 g/mol. The van der Waals surface area contributed by atoms with Crippen molar-refractivity contribution >= 4 is 43.4 Å². The number of carbonyl (C=O) groups is 2. The number of aromatic nitrogens is 1. The maximum atomic E-state index is 13.1. The lowest BCUT2D eigenvalue weighted by Crippen LogP contribution is -2.41. The molecule has 41 heavy (non-hydrogen) atoms. The van der Waals surface area contributed by atoms with E-state index in [4.69, 9.17) is 14.6 Å². The van der Waals surface area contributed by atoms with Crippen molar-refractivity contribution in [3.63, 3.8) is 0 Å². The van der Waals surface area contributed by atoms with Gasteiger partial charge in [-0.2, -0.15) is 17.9 Å². The van der Waals surface area contributed by atoms with Crippen LogP contribution in [0.2, 0.25) is 0 Å². The van der Waals surface area contributed by atoms with Crippen molar-refractivity contribution in [3.05, 3.63) is 78.1 Å². The Labute approximate surface area is 233 Å². The van der Waals surface area contributed by atoms with Crippen LogP contribution in [0, 0.1) is 6.92 Å². The van der Waals surface area contributed by atoms with Crippen LogP contribution in [0.5, 0.6) is 5.75 Å². The van der Waals surface area contributed by atoms with Crippen molar-refractivity contribution in [1.29, 1.82) is 0 Å². The molecule has 0 saturated carbocycles. The average molecular weight is 590 g/mol. The highest BCUT2D eigenvalue weighted by atomic mass is 32.2.